The Balaban J connectivity index is 1.75. The molecule has 0 saturated carbocycles. The highest BCUT2D eigenvalue weighted by Crippen LogP contribution is 2.25. The minimum atomic E-state index is -4.77. The first-order valence-corrected chi connectivity index (χ1v) is 16.9. The summed E-state index contributed by atoms with van der Waals surface area (Å²) in [5, 5.41) is 0. The van der Waals surface area contributed by atoms with Crippen molar-refractivity contribution in [2.75, 3.05) is 33.3 Å². The van der Waals surface area contributed by atoms with Gasteiger partial charge in [0, 0.05) is 38.3 Å². The fourth-order valence-electron chi connectivity index (χ4n) is 3.86. The molecule has 0 atom stereocenters. The summed E-state index contributed by atoms with van der Waals surface area (Å²) in [6.45, 7) is 7.80. The lowest BCUT2D eigenvalue weighted by Gasteiger charge is -2.34. The maximum Gasteiger partial charge on any atom is 0.573 e. The highest BCUT2D eigenvalue weighted by atomic mass is 32.2. The summed E-state index contributed by atoms with van der Waals surface area (Å²) < 4.78 is 74.7. The van der Waals surface area contributed by atoms with E-state index < -0.39 is 30.4 Å². The maximum absolute atomic E-state index is 13.5. The van der Waals surface area contributed by atoms with E-state index in [1.807, 2.05) is 4.90 Å². The predicted molar refractivity (Wildman–Crippen MR) is 140 cm³/mol. The van der Waals surface area contributed by atoms with Crippen LogP contribution in [0.3, 0.4) is 0 Å². The summed E-state index contributed by atoms with van der Waals surface area (Å²) in [6.07, 6.45) is -4.85. The fourth-order valence-corrected chi connectivity index (χ4v) is 5.90. The summed E-state index contributed by atoms with van der Waals surface area (Å²) >= 11 is 0. The van der Waals surface area contributed by atoms with E-state index in [1.165, 1.54) is 41.7 Å². The van der Waals surface area contributed by atoms with Crippen molar-refractivity contribution in [1.29, 1.82) is 0 Å². The van der Waals surface area contributed by atoms with Crippen molar-refractivity contribution in [3.05, 3.63) is 59.2 Å². The number of benzene rings is 2. The summed E-state index contributed by atoms with van der Waals surface area (Å²) in [5.74, 6) is 2.29. The van der Waals surface area contributed by atoms with Crippen molar-refractivity contribution < 1.29 is 35.9 Å². The number of alkyl halides is 3. The van der Waals surface area contributed by atoms with Gasteiger partial charge in [0.05, 0.1) is 18.4 Å². The zero-order valence-corrected chi connectivity index (χ0v) is 23.6. The molecule has 206 valence electrons. The Hall–Kier alpha value is -2.85. The first-order chi connectivity index (χ1) is 17.6. The molecule has 0 aromatic heterocycles. The third-order valence-corrected chi connectivity index (χ3v) is 8.38. The number of hydrogen-bond donors (Lipinski definition) is 0. The average molecular weight is 569 g/mol. The van der Waals surface area contributed by atoms with Crippen LogP contribution in [-0.4, -0.2) is 71.3 Å². The lowest BCUT2D eigenvalue weighted by atomic mass is 10.1. The number of ether oxygens (including phenoxy) is 2. The molecule has 0 aliphatic carbocycles. The molecule has 2 aromatic rings. The van der Waals surface area contributed by atoms with Crippen LogP contribution in [0.5, 0.6) is 5.75 Å². The van der Waals surface area contributed by atoms with Crippen LogP contribution in [-0.2, 0) is 32.5 Å². The van der Waals surface area contributed by atoms with Gasteiger partial charge in [0.25, 0.3) is 0 Å². The van der Waals surface area contributed by atoms with Crippen molar-refractivity contribution in [3.8, 4) is 17.2 Å². The highest BCUT2D eigenvalue weighted by molar-refractivity contribution is 7.89. The second-order valence-electron chi connectivity index (χ2n) is 9.99. The average Bonchev–Trinajstić information content (AvgIpc) is 2.81. The number of halogens is 3. The lowest BCUT2D eigenvalue weighted by Crippen LogP contribution is -2.48. The van der Waals surface area contributed by atoms with Crippen LogP contribution < -0.4 is 4.74 Å². The van der Waals surface area contributed by atoms with Crippen molar-refractivity contribution in [3.63, 3.8) is 0 Å². The van der Waals surface area contributed by atoms with E-state index in [4.69, 9.17) is 4.74 Å². The monoisotopic (exact) mass is 568 g/mol. The number of esters is 1. The molecular weight excluding hydrogens is 537 g/mol. The molecule has 12 heteroatoms. The van der Waals surface area contributed by atoms with E-state index in [2.05, 4.69) is 35.8 Å². The summed E-state index contributed by atoms with van der Waals surface area (Å²) in [6, 6.07) is 10.5. The molecule has 3 rings (SSSR count). The van der Waals surface area contributed by atoms with Gasteiger partial charge in [-0.25, -0.2) is 8.42 Å². The Kier molecular flexibility index (Phi) is 9.30. The van der Waals surface area contributed by atoms with Crippen LogP contribution in [0.4, 0.5) is 13.2 Å². The lowest BCUT2D eigenvalue weighted by molar-refractivity contribution is -0.274. The molecule has 0 radical (unpaired) electrons. The van der Waals surface area contributed by atoms with Gasteiger partial charge in [-0.3, -0.25) is 9.69 Å². The van der Waals surface area contributed by atoms with Crippen LogP contribution in [0.15, 0.2) is 47.4 Å². The summed E-state index contributed by atoms with van der Waals surface area (Å²) in [5.41, 5.74) is 4.87. The summed E-state index contributed by atoms with van der Waals surface area (Å²) in [4.78, 5) is 13.9. The normalized spacial score (nSPS) is 15.4. The maximum atomic E-state index is 13.5. The van der Waals surface area contributed by atoms with Gasteiger partial charge in [0.2, 0.25) is 10.0 Å². The SMILES string of the molecule is COC(=O)Cc1cc(C#C[Si](C)(C)C)cc(S(=O)(=O)N2CCN(Cc3cccc(OC(F)(F)F)c3)CC2)c1. The zero-order valence-electron chi connectivity index (χ0n) is 21.8. The van der Waals surface area contributed by atoms with E-state index in [0.717, 1.165) is 0 Å². The third kappa shape index (κ3) is 8.87. The third-order valence-electron chi connectivity index (χ3n) is 5.63. The van der Waals surface area contributed by atoms with Crippen LogP contribution in [0.25, 0.3) is 0 Å². The van der Waals surface area contributed by atoms with Gasteiger partial charge in [-0.2, -0.15) is 4.31 Å². The molecule has 38 heavy (non-hydrogen) atoms. The molecule has 0 bridgehead atoms. The van der Waals surface area contributed by atoms with Gasteiger partial charge in [-0.05, 0) is 41.5 Å². The van der Waals surface area contributed by atoms with Crippen LogP contribution in [0.2, 0.25) is 19.6 Å². The number of carbonyl (C=O) groups is 1. The topological polar surface area (TPSA) is 76.2 Å². The first kappa shape index (κ1) is 29.7. The minimum absolute atomic E-state index is 0.0595. The molecule has 2 aromatic carbocycles. The number of sulfonamides is 1. The Morgan fingerprint density at radius 2 is 1.71 bits per heavy atom. The number of hydrogen-bond acceptors (Lipinski definition) is 6. The number of carbonyl (C=O) groups excluding carboxylic acids is 1. The fraction of sp³-hybridized carbons (Fsp3) is 0.423. The molecule has 7 nitrogen and oxygen atoms in total. The molecule has 0 unspecified atom stereocenters. The smallest absolute Gasteiger partial charge is 0.469 e. The van der Waals surface area contributed by atoms with Crippen molar-refractivity contribution in [2.24, 2.45) is 0 Å². The Morgan fingerprint density at radius 1 is 1.03 bits per heavy atom. The van der Waals surface area contributed by atoms with E-state index in [-0.39, 0.29) is 30.2 Å². The predicted octanol–water partition coefficient (Wildman–Crippen LogP) is 4.04. The Bertz CT molecular complexity index is 1320. The zero-order chi connectivity index (χ0) is 28.1. The largest absolute Gasteiger partial charge is 0.573 e. The number of nitrogens with zero attached hydrogens (tertiary/aromatic N) is 2. The van der Waals surface area contributed by atoms with E-state index in [1.54, 1.807) is 12.1 Å². The van der Waals surface area contributed by atoms with E-state index in [9.17, 15) is 26.4 Å². The molecule has 1 fully saturated rings. The van der Waals surface area contributed by atoms with E-state index in [0.29, 0.717) is 36.3 Å². The van der Waals surface area contributed by atoms with Crippen molar-refractivity contribution in [2.45, 2.75) is 43.9 Å². The van der Waals surface area contributed by atoms with Gasteiger partial charge in [-0.1, -0.05) is 37.7 Å². The second-order valence-corrected chi connectivity index (χ2v) is 16.7. The van der Waals surface area contributed by atoms with Crippen molar-refractivity contribution >= 4 is 24.1 Å². The molecule has 0 N–H and O–H groups in total. The van der Waals surface area contributed by atoms with Crippen molar-refractivity contribution in [1.82, 2.24) is 9.21 Å². The molecule has 1 aliphatic rings. The number of rotatable bonds is 7. The van der Waals surface area contributed by atoms with Gasteiger partial charge in [0.15, 0.2) is 0 Å². The van der Waals surface area contributed by atoms with Gasteiger partial charge in [0.1, 0.15) is 13.8 Å². The van der Waals surface area contributed by atoms with Gasteiger partial charge < -0.3 is 9.47 Å². The standard InChI is InChI=1S/C26H31F3N2O5SSi/c1-35-25(32)18-22-14-20(8-13-38(2,3)4)16-24(17-22)37(33,34)31-11-9-30(10-12-31)19-21-6-5-7-23(15-21)36-26(27,28)29/h5-7,14-17H,9-12,18-19H2,1-4H3. The molecule has 0 amide bonds. The summed E-state index contributed by atoms with van der Waals surface area (Å²) in [7, 11) is -4.33. The van der Waals surface area contributed by atoms with Gasteiger partial charge >= 0.3 is 12.3 Å². The Morgan fingerprint density at radius 3 is 2.32 bits per heavy atom. The molecule has 1 heterocycles. The minimum Gasteiger partial charge on any atom is -0.469 e. The molecule has 1 aliphatic heterocycles. The molecule has 0 spiro atoms. The van der Waals surface area contributed by atoms with E-state index >= 15 is 0 Å². The molecular formula is C26H31F3N2O5SSi. The van der Waals surface area contributed by atoms with Crippen LogP contribution >= 0.6 is 0 Å². The van der Waals surface area contributed by atoms with Crippen LogP contribution in [0.1, 0.15) is 16.7 Å². The number of methoxy groups -OCH3 is 1. The Labute approximate surface area is 222 Å². The van der Waals surface area contributed by atoms with Gasteiger partial charge in [-0.15, -0.1) is 18.7 Å². The number of piperazine rings is 1. The highest BCUT2D eigenvalue weighted by Gasteiger charge is 2.32. The quantitative estimate of drug-likeness (QED) is 0.285. The van der Waals surface area contributed by atoms with Crippen LogP contribution in [0, 0.1) is 11.5 Å². The first-order valence-electron chi connectivity index (χ1n) is 12.0. The molecule has 1 saturated heterocycles. The second kappa shape index (κ2) is 11.9.